The number of allylic oxidation sites excluding steroid dienone is 1. The van der Waals surface area contributed by atoms with Crippen LogP contribution in [0.3, 0.4) is 0 Å². The van der Waals surface area contributed by atoms with Crippen LogP contribution in [-0.4, -0.2) is 42.3 Å². The highest BCUT2D eigenvalue weighted by molar-refractivity contribution is 5.95. The fraction of sp³-hybridized carbons (Fsp3) is 0.560. The highest BCUT2D eigenvalue weighted by Gasteiger charge is 2.41. The van der Waals surface area contributed by atoms with E-state index in [4.69, 9.17) is 4.74 Å². The SMILES string of the molecule is CCCCC1(C(=O)/C=C/[C@H]2CCC(=O)N2CCc2ccc(C(=O)OC)cc2)CCC1. The molecule has 1 atom stereocenters. The van der Waals surface area contributed by atoms with Gasteiger partial charge in [0.1, 0.15) is 0 Å². The van der Waals surface area contributed by atoms with Crippen molar-refractivity contribution in [1.82, 2.24) is 4.90 Å². The Balaban J connectivity index is 1.58. The number of methoxy groups -OCH3 is 1. The van der Waals surface area contributed by atoms with E-state index in [9.17, 15) is 14.4 Å². The van der Waals surface area contributed by atoms with Gasteiger partial charge in [0.05, 0.1) is 18.7 Å². The van der Waals surface area contributed by atoms with Crippen LogP contribution in [0.1, 0.15) is 74.2 Å². The standard InChI is InChI=1S/C25H33NO4/c1-3-4-15-25(16-5-17-25)22(27)12-10-21-11-13-23(28)26(21)18-14-19-6-8-20(9-7-19)24(29)30-2/h6-10,12,21H,3-5,11,13-18H2,1-2H3/b12-10+/t21-/m0/s1. The molecular formula is C25H33NO4. The minimum absolute atomic E-state index is 0.000839. The van der Waals surface area contributed by atoms with Gasteiger partial charge in [0.2, 0.25) is 5.91 Å². The average molecular weight is 412 g/mol. The lowest BCUT2D eigenvalue weighted by Crippen LogP contribution is -2.37. The van der Waals surface area contributed by atoms with E-state index in [2.05, 4.69) is 6.92 Å². The lowest BCUT2D eigenvalue weighted by atomic mass is 9.63. The zero-order valence-electron chi connectivity index (χ0n) is 18.2. The first kappa shape index (κ1) is 22.3. The number of carbonyl (C=O) groups excluding carboxylic acids is 3. The predicted octanol–water partition coefficient (Wildman–Crippen LogP) is 4.49. The third kappa shape index (κ3) is 5.00. The van der Waals surface area contributed by atoms with E-state index >= 15 is 0 Å². The quantitative estimate of drug-likeness (QED) is 0.420. The van der Waals surface area contributed by atoms with Crippen molar-refractivity contribution in [1.29, 1.82) is 0 Å². The monoisotopic (exact) mass is 411 g/mol. The molecule has 0 unspecified atom stereocenters. The van der Waals surface area contributed by atoms with Gasteiger partial charge in [-0.25, -0.2) is 4.79 Å². The van der Waals surface area contributed by atoms with E-state index in [1.54, 1.807) is 18.2 Å². The van der Waals surface area contributed by atoms with Crippen molar-refractivity contribution in [2.45, 2.75) is 70.8 Å². The summed E-state index contributed by atoms with van der Waals surface area (Å²) in [7, 11) is 1.37. The zero-order chi connectivity index (χ0) is 21.6. The predicted molar refractivity (Wildman–Crippen MR) is 116 cm³/mol. The highest BCUT2D eigenvalue weighted by Crippen LogP contribution is 2.46. The number of rotatable bonds is 10. The fourth-order valence-corrected chi connectivity index (χ4v) is 4.53. The van der Waals surface area contributed by atoms with Crippen molar-refractivity contribution in [3.05, 3.63) is 47.5 Å². The third-order valence-corrected chi connectivity index (χ3v) is 6.70. The molecule has 1 aliphatic carbocycles. The first-order chi connectivity index (χ1) is 14.5. The van der Waals surface area contributed by atoms with Crippen molar-refractivity contribution < 1.29 is 19.1 Å². The average Bonchev–Trinajstić information content (AvgIpc) is 3.09. The molecule has 1 saturated carbocycles. The molecule has 1 aromatic carbocycles. The Labute approximate surface area is 179 Å². The number of esters is 1. The maximum absolute atomic E-state index is 12.9. The fourth-order valence-electron chi connectivity index (χ4n) is 4.53. The molecule has 0 aromatic heterocycles. The molecule has 0 spiro atoms. The molecule has 3 rings (SSSR count). The minimum atomic E-state index is -0.352. The summed E-state index contributed by atoms with van der Waals surface area (Å²) in [5, 5.41) is 0. The summed E-state index contributed by atoms with van der Waals surface area (Å²) in [6.45, 7) is 2.78. The third-order valence-electron chi connectivity index (χ3n) is 6.70. The highest BCUT2D eigenvalue weighted by atomic mass is 16.5. The molecule has 5 heteroatoms. The summed E-state index contributed by atoms with van der Waals surface area (Å²) in [6, 6.07) is 7.29. The van der Waals surface area contributed by atoms with Crippen LogP contribution in [0.5, 0.6) is 0 Å². The maximum atomic E-state index is 12.9. The lowest BCUT2D eigenvalue weighted by molar-refractivity contribution is -0.130. The molecule has 2 aliphatic rings. The second-order valence-electron chi connectivity index (χ2n) is 8.59. The number of hydrogen-bond acceptors (Lipinski definition) is 4. The Morgan fingerprint density at radius 3 is 2.57 bits per heavy atom. The minimum Gasteiger partial charge on any atom is -0.465 e. The number of hydrogen-bond donors (Lipinski definition) is 0. The van der Waals surface area contributed by atoms with E-state index in [1.165, 1.54) is 7.11 Å². The summed E-state index contributed by atoms with van der Waals surface area (Å²) >= 11 is 0. The molecule has 0 bridgehead atoms. The number of unbranched alkanes of at least 4 members (excludes halogenated alkanes) is 1. The number of ketones is 1. The van der Waals surface area contributed by atoms with Crippen molar-refractivity contribution in [3.8, 4) is 0 Å². The topological polar surface area (TPSA) is 63.7 Å². The summed E-state index contributed by atoms with van der Waals surface area (Å²) in [6.07, 6.45) is 12.1. The first-order valence-electron chi connectivity index (χ1n) is 11.2. The van der Waals surface area contributed by atoms with Gasteiger partial charge in [-0.05, 0) is 55.9 Å². The van der Waals surface area contributed by atoms with E-state index in [1.807, 2.05) is 23.1 Å². The molecule has 162 valence electrons. The zero-order valence-corrected chi connectivity index (χ0v) is 18.2. The van der Waals surface area contributed by atoms with Crippen LogP contribution in [0.4, 0.5) is 0 Å². The van der Waals surface area contributed by atoms with Crippen LogP contribution in [0.15, 0.2) is 36.4 Å². The molecule has 0 radical (unpaired) electrons. The van der Waals surface area contributed by atoms with Crippen LogP contribution >= 0.6 is 0 Å². The van der Waals surface area contributed by atoms with Crippen LogP contribution in [0.25, 0.3) is 0 Å². The molecule has 1 aromatic rings. The van der Waals surface area contributed by atoms with Gasteiger partial charge < -0.3 is 9.64 Å². The van der Waals surface area contributed by atoms with Crippen molar-refractivity contribution >= 4 is 17.7 Å². The van der Waals surface area contributed by atoms with Gasteiger partial charge in [-0.15, -0.1) is 0 Å². The molecule has 1 saturated heterocycles. The largest absolute Gasteiger partial charge is 0.465 e. The second kappa shape index (κ2) is 10.1. The van der Waals surface area contributed by atoms with E-state index in [0.717, 1.165) is 50.5 Å². The normalized spacial score (nSPS) is 20.4. The number of ether oxygens (including phenoxy) is 1. The smallest absolute Gasteiger partial charge is 0.337 e. The van der Waals surface area contributed by atoms with Crippen molar-refractivity contribution in [3.63, 3.8) is 0 Å². The van der Waals surface area contributed by atoms with Crippen LogP contribution in [0.2, 0.25) is 0 Å². The molecule has 1 aliphatic heterocycles. The molecule has 2 fully saturated rings. The number of carbonyl (C=O) groups is 3. The maximum Gasteiger partial charge on any atom is 0.337 e. The molecule has 1 heterocycles. The Bertz CT molecular complexity index is 792. The van der Waals surface area contributed by atoms with Gasteiger partial charge >= 0.3 is 5.97 Å². The Morgan fingerprint density at radius 1 is 1.23 bits per heavy atom. The molecular weight excluding hydrogens is 378 g/mol. The summed E-state index contributed by atoms with van der Waals surface area (Å²) in [5.74, 6) is 0.0434. The van der Waals surface area contributed by atoms with Gasteiger partial charge in [-0.2, -0.15) is 0 Å². The summed E-state index contributed by atoms with van der Waals surface area (Å²) in [4.78, 5) is 38.7. The van der Waals surface area contributed by atoms with Crippen LogP contribution in [0, 0.1) is 5.41 Å². The number of nitrogens with zero attached hydrogens (tertiary/aromatic N) is 1. The molecule has 30 heavy (non-hydrogen) atoms. The van der Waals surface area contributed by atoms with Gasteiger partial charge in [0, 0.05) is 18.4 Å². The summed E-state index contributed by atoms with van der Waals surface area (Å²) < 4.78 is 4.72. The van der Waals surface area contributed by atoms with Gasteiger partial charge in [0.15, 0.2) is 5.78 Å². The molecule has 5 nitrogen and oxygen atoms in total. The molecule has 1 amide bonds. The first-order valence-corrected chi connectivity index (χ1v) is 11.2. The van der Waals surface area contributed by atoms with Gasteiger partial charge in [0.25, 0.3) is 0 Å². The Hall–Kier alpha value is -2.43. The van der Waals surface area contributed by atoms with E-state index in [-0.39, 0.29) is 29.1 Å². The Morgan fingerprint density at radius 2 is 1.97 bits per heavy atom. The van der Waals surface area contributed by atoms with Gasteiger partial charge in [-0.3, -0.25) is 9.59 Å². The van der Waals surface area contributed by atoms with E-state index in [0.29, 0.717) is 24.9 Å². The van der Waals surface area contributed by atoms with Crippen LogP contribution < -0.4 is 0 Å². The summed E-state index contributed by atoms with van der Waals surface area (Å²) in [5.41, 5.74) is 1.45. The van der Waals surface area contributed by atoms with Crippen LogP contribution in [-0.2, 0) is 20.7 Å². The Kier molecular flexibility index (Phi) is 7.46. The lowest BCUT2D eigenvalue weighted by Gasteiger charge is -2.40. The van der Waals surface area contributed by atoms with Gasteiger partial charge in [-0.1, -0.05) is 44.4 Å². The van der Waals surface area contributed by atoms with Crippen molar-refractivity contribution in [2.24, 2.45) is 5.41 Å². The number of likely N-dealkylation sites (tertiary alicyclic amines) is 1. The van der Waals surface area contributed by atoms with E-state index < -0.39 is 0 Å². The number of benzene rings is 1. The number of amides is 1. The molecule has 0 N–H and O–H groups in total. The van der Waals surface area contributed by atoms with Crippen molar-refractivity contribution in [2.75, 3.05) is 13.7 Å². The second-order valence-corrected chi connectivity index (χ2v) is 8.59.